The number of amides is 2. The van der Waals surface area contributed by atoms with Crippen LogP contribution in [0.3, 0.4) is 0 Å². The summed E-state index contributed by atoms with van der Waals surface area (Å²) >= 11 is 3.46. The third kappa shape index (κ3) is 6.13. The molecule has 0 saturated heterocycles. The second-order valence-electron chi connectivity index (χ2n) is 7.62. The number of hydrogen-bond donors (Lipinski definition) is 1. The SMILES string of the molecule is CC(C(=O)NC1CCCC1)N(Cc1cccc(Br)c1)C(=O)Cc1ccc(F)cc1. The maximum Gasteiger partial charge on any atom is 0.242 e. The largest absolute Gasteiger partial charge is 0.352 e. The lowest BCUT2D eigenvalue weighted by molar-refractivity contribution is -0.140. The van der Waals surface area contributed by atoms with E-state index in [0.29, 0.717) is 6.54 Å². The van der Waals surface area contributed by atoms with Crippen LogP contribution in [0, 0.1) is 5.82 Å². The Balaban J connectivity index is 1.76. The summed E-state index contributed by atoms with van der Waals surface area (Å²) < 4.78 is 14.1. The fourth-order valence-electron chi connectivity index (χ4n) is 3.69. The van der Waals surface area contributed by atoms with Crippen LogP contribution in [0.25, 0.3) is 0 Å². The van der Waals surface area contributed by atoms with Crippen molar-refractivity contribution in [2.75, 3.05) is 0 Å². The molecular formula is C23H26BrFN2O2. The molecule has 0 aromatic heterocycles. The molecule has 0 heterocycles. The molecule has 2 aromatic rings. The second-order valence-corrected chi connectivity index (χ2v) is 8.54. The molecule has 1 N–H and O–H groups in total. The molecule has 1 atom stereocenters. The average Bonchev–Trinajstić information content (AvgIpc) is 3.20. The van der Waals surface area contributed by atoms with Gasteiger partial charge >= 0.3 is 0 Å². The van der Waals surface area contributed by atoms with Gasteiger partial charge in [-0.25, -0.2) is 4.39 Å². The Morgan fingerprint density at radius 1 is 1.14 bits per heavy atom. The number of carbonyl (C=O) groups is 2. The number of benzene rings is 2. The van der Waals surface area contributed by atoms with Gasteiger partial charge in [0, 0.05) is 17.1 Å². The Morgan fingerprint density at radius 2 is 1.83 bits per heavy atom. The van der Waals surface area contributed by atoms with Gasteiger partial charge in [-0.15, -0.1) is 0 Å². The third-order valence-corrected chi connectivity index (χ3v) is 5.87. The van der Waals surface area contributed by atoms with Crippen molar-refractivity contribution in [2.24, 2.45) is 0 Å². The Morgan fingerprint density at radius 3 is 2.48 bits per heavy atom. The fraction of sp³-hybridized carbons (Fsp3) is 0.391. The van der Waals surface area contributed by atoms with Crippen LogP contribution in [0.5, 0.6) is 0 Å². The number of nitrogens with one attached hydrogen (secondary N) is 1. The van der Waals surface area contributed by atoms with Gasteiger partial charge in [-0.2, -0.15) is 0 Å². The van der Waals surface area contributed by atoms with E-state index in [-0.39, 0.29) is 30.1 Å². The van der Waals surface area contributed by atoms with Crippen molar-refractivity contribution >= 4 is 27.7 Å². The highest BCUT2D eigenvalue weighted by atomic mass is 79.9. The summed E-state index contributed by atoms with van der Waals surface area (Å²) in [6.07, 6.45) is 4.37. The predicted octanol–water partition coefficient (Wildman–Crippen LogP) is 4.61. The normalized spacial score (nSPS) is 15.1. The lowest BCUT2D eigenvalue weighted by Crippen LogP contribution is -2.50. The van der Waals surface area contributed by atoms with E-state index < -0.39 is 6.04 Å². The number of nitrogens with zero attached hydrogens (tertiary/aromatic N) is 1. The predicted molar refractivity (Wildman–Crippen MR) is 115 cm³/mol. The third-order valence-electron chi connectivity index (χ3n) is 5.38. The first kappa shape index (κ1) is 21.5. The van der Waals surface area contributed by atoms with Gasteiger partial charge in [0.15, 0.2) is 0 Å². The topological polar surface area (TPSA) is 49.4 Å². The summed E-state index contributed by atoms with van der Waals surface area (Å²) in [5, 5.41) is 3.09. The zero-order valence-corrected chi connectivity index (χ0v) is 18.1. The average molecular weight is 461 g/mol. The van der Waals surface area contributed by atoms with Gasteiger partial charge in [-0.3, -0.25) is 9.59 Å². The monoisotopic (exact) mass is 460 g/mol. The first-order valence-electron chi connectivity index (χ1n) is 10.0. The lowest BCUT2D eigenvalue weighted by atomic mass is 10.1. The molecule has 2 aromatic carbocycles. The summed E-state index contributed by atoms with van der Waals surface area (Å²) in [6.45, 7) is 2.10. The van der Waals surface area contributed by atoms with E-state index in [2.05, 4.69) is 21.2 Å². The van der Waals surface area contributed by atoms with E-state index in [1.54, 1.807) is 24.0 Å². The van der Waals surface area contributed by atoms with E-state index in [0.717, 1.165) is 41.3 Å². The highest BCUT2D eigenvalue weighted by molar-refractivity contribution is 9.10. The smallest absolute Gasteiger partial charge is 0.242 e. The molecule has 1 unspecified atom stereocenters. The number of halogens is 2. The minimum Gasteiger partial charge on any atom is -0.352 e. The van der Waals surface area contributed by atoms with Crippen LogP contribution in [-0.2, 0) is 22.6 Å². The first-order valence-corrected chi connectivity index (χ1v) is 10.8. The molecule has 6 heteroatoms. The molecule has 4 nitrogen and oxygen atoms in total. The van der Waals surface area contributed by atoms with Crippen molar-refractivity contribution in [3.05, 3.63) is 69.9 Å². The van der Waals surface area contributed by atoms with E-state index in [9.17, 15) is 14.0 Å². The first-order chi connectivity index (χ1) is 13.9. The van der Waals surface area contributed by atoms with Crippen molar-refractivity contribution in [3.8, 4) is 0 Å². The van der Waals surface area contributed by atoms with E-state index in [1.165, 1.54) is 12.1 Å². The van der Waals surface area contributed by atoms with Crippen LogP contribution in [-0.4, -0.2) is 28.8 Å². The van der Waals surface area contributed by atoms with Gasteiger partial charge in [0.1, 0.15) is 11.9 Å². The summed E-state index contributed by atoms with van der Waals surface area (Å²) in [5.41, 5.74) is 1.66. The second kappa shape index (κ2) is 10.0. The molecule has 1 saturated carbocycles. The molecule has 3 rings (SSSR count). The molecule has 0 aliphatic heterocycles. The van der Waals surface area contributed by atoms with Crippen LogP contribution in [0.15, 0.2) is 53.0 Å². The highest BCUT2D eigenvalue weighted by Gasteiger charge is 2.28. The number of rotatable bonds is 7. The summed E-state index contributed by atoms with van der Waals surface area (Å²) in [7, 11) is 0. The van der Waals surface area contributed by atoms with Crippen molar-refractivity contribution in [2.45, 2.75) is 57.7 Å². The van der Waals surface area contributed by atoms with E-state index in [1.807, 2.05) is 24.3 Å². The van der Waals surface area contributed by atoms with E-state index in [4.69, 9.17) is 0 Å². The fourth-order valence-corrected chi connectivity index (χ4v) is 4.13. The summed E-state index contributed by atoms with van der Waals surface area (Å²) in [4.78, 5) is 27.6. The van der Waals surface area contributed by atoms with Crippen LogP contribution in [0.2, 0.25) is 0 Å². The molecule has 0 spiro atoms. The molecule has 29 heavy (non-hydrogen) atoms. The molecular weight excluding hydrogens is 435 g/mol. The molecule has 1 aliphatic rings. The Bertz CT molecular complexity index is 850. The molecule has 0 radical (unpaired) electrons. The zero-order chi connectivity index (χ0) is 20.8. The van der Waals surface area contributed by atoms with E-state index >= 15 is 0 Å². The van der Waals surface area contributed by atoms with Crippen LogP contribution in [0.4, 0.5) is 4.39 Å². The van der Waals surface area contributed by atoms with Gasteiger partial charge in [0.25, 0.3) is 0 Å². The minimum absolute atomic E-state index is 0.120. The van der Waals surface area contributed by atoms with Gasteiger partial charge in [0.05, 0.1) is 6.42 Å². The maximum absolute atomic E-state index is 13.2. The van der Waals surface area contributed by atoms with Crippen molar-refractivity contribution in [1.82, 2.24) is 10.2 Å². The lowest BCUT2D eigenvalue weighted by Gasteiger charge is -2.30. The number of carbonyl (C=O) groups excluding carboxylic acids is 2. The Kier molecular flexibility index (Phi) is 7.42. The van der Waals surface area contributed by atoms with Crippen LogP contribution in [0.1, 0.15) is 43.7 Å². The van der Waals surface area contributed by atoms with Gasteiger partial charge in [0.2, 0.25) is 11.8 Å². The quantitative estimate of drug-likeness (QED) is 0.655. The molecule has 1 aliphatic carbocycles. The molecule has 154 valence electrons. The molecule has 0 bridgehead atoms. The van der Waals surface area contributed by atoms with Gasteiger partial charge < -0.3 is 10.2 Å². The zero-order valence-electron chi connectivity index (χ0n) is 16.5. The van der Waals surface area contributed by atoms with Crippen molar-refractivity contribution in [3.63, 3.8) is 0 Å². The maximum atomic E-state index is 13.2. The Hall–Kier alpha value is -2.21. The van der Waals surface area contributed by atoms with Crippen LogP contribution < -0.4 is 5.32 Å². The highest BCUT2D eigenvalue weighted by Crippen LogP contribution is 2.20. The van der Waals surface area contributed by atoms with Gasteiger partial charge in [-0.05, 0) is 55.2 Å². The summed E-state index contributed by atoms with van der Waals surface area (Å²) in [5.74, 6) is -0.624. The van der Waals surface area contributed by atoms with Gasteiger partial charge in [-0.1, -0.05) is 53.0 Å². The molecule has 2 amide bonds. The van der Waals surface area contributed by atoms with Crippen molar-refractivity contribution < 1.29 is 14.0 Å². The number of hydrogen-bond acceptors (Lipinski definition) is 2. The van der Waals surface area contributed by atoms with Crippen molar-refractivity contribution in [1.29, 1.82) is 0 Å². The standard InChI is InChI=1S/C23H26BrFN2O2/c1-16(23(29)26-21-7-2-3-8-21)27(15-18-5-4-6-19(24)13-18)22(28)14-17-9-11-20(25)12-10-17/h4-6,9-13,16,21H,2-3,7-8,14-15H2,1H3,(H,26,29). The summed E-state index contributed by atoms with van der Waals surface area (Å²) in [6, 6.07) is 13.2. The minimum atomic E-state index is -0.595. The molecule has 1 fully saturated rings. The van der Waals surface area contributed by atoms with Crippen LogP contribution >= 0.6 is 15.9 Å². The Labute approximate surface area is 179 Å².